The van der Waals surface area contributed by atoms with E-state index in [-0.39, 0.29) is 5.91 Å². The Hall–Kier alpha value is -2.67. The summed E-state index contributed by atoms with van der Waals surface area (Å²) in [5.74, 6) is 0.00775. The molecule has 0 aliphatic carbocycles. The number of nitrogens with zero attached hydrogens (tertiary/aromatic N) is 3. The summed E-state index contributed by atoms with van der Waals surface area (Å²) in [7, 11) is 0. The van der Waals surface area contributed by atoms with E-state index in [9.17, 15) is 4.79 Å². The molecule has 7 heteroatoms. The molecule has 0 radical (unpaired) electrons. The molecule has 3 aromatic rings. The quantitative estimate of drug-likeness (QED) is 0.326. The van der Waals surface area contributed by atoms with Gasteiger partial charge in [-0.25, -0.2) is 4.99 Å². The summed E-state index contributed by atoms with van der Waals surface area (Å²) in [6.45, 7) is 7.60. The van der Waals surface area contributed by atoms with E-state index < -0.39 is 0 Å². The molecule has 2 heterocycles. The third-order valence-corrected chi connectivity index (χ3v) is 8.83. The maximum atomic E-state index is 13.8. The van der Waals surface area contributed by atoms with E-state index in [2.05, 4.69) is 49.9 Å². The highest BCUT2D eigenvalue weighted by atomic mass is 35.5. The first-order chi connectivity index (χ1) is 16.9. The van der Waals surface area contributed by atoms with Gasteiger partial charge in [0.25, 0.3) is 5.91 Å². The Morgan fingerprint density at radius 3 is 2.46 bits per heavy atom. The van der Waals surface area contributed by atoms with Crippen LogP contribution < -0.4 is 4.90 Å². The minimum Gasteiger partial charge on any atom is -0.334 e. The van der Waals surface area contributed by atoms with Gasteiger partial charge in [-0.2, -0.15) is 0 Å². The van der Waals surface area contributed by atoms with Crippen molar-refractivity contribution in [2.45, 2.75) is 32.1 Å². The zero-order chi connectivity index (χ0) is 24.5. The molecule has 0 atom stereocenters. The summed E-state index contributed by atoms with van der Waals surface area (Å²) in [5.41, 5.74) is 5.53. The average Bonchev–Trinajstić information content (AvgIpc) is 3.37. The largest absolute Gasteiger partial charge is 0.334 e. The second-order valence-electron chi connectivity index (χ2n) is 8.55. The number of amidine groups is 1. The molecule has 0 bridgehead atoms. The number of anilines is 1. The maximum Gasteiger partial charge on any atom is 0.269 e. The van der Waals surface area contributed by atoms with Crippen LogP contribution in [0, 0.1) is 13.8 Å². The molecule has 178 valence electrons. The smallest absolute Gasteiger partial charge is 0.269 e. The Morgan fingerprint density at radius 1 is 0.914 bits per heavy atom. The van der Waals surface area contributed by atoms with Crippen molar-refractivity contribution in [1.82, 2.24) is 4.90 Å². The number of fused-ring (bicyclic) bond motifs is 1. The Bertz CT molecular complexity index is 1350. The van der Waals surface area contributed by atoms with Gasteiger partial charge in [0.1, 0.15) is 9.93 Å². The van der Waals surface area contributed by atoms with Crippen molar-refractivity contribution in [2.24, 2.45) is 4.99 Å². The van der Waals surface area contributed by atoms with Crippen LogP contribution in [0.3, 0.4) is 0 Å². The van der Waals surface area contributed by atoms with Crippen molar-refractivity contribution in [3.8, 4) is 0 Å². The van der Waals surface area contributed by atoms with Crippen LogP contribution in [-0.2, 0) is 11.2 Å². The SMILES string of the molecule is CCN1C(=C2SC(=Nc3ccc(C)c(C)c3)N(CCc3ccccc3)C2=O)Sc2ccc(Cl)cc21. The molecule has 0 N–H and O–H groups in total. The van der Waals surface area contributed by atoms with Gasteiger partial charge in [-0.3, -0.25) is 9.69 Å². The van der Waals surface area contributed by atoms with Crippen molar-refractivity contribution >= 4 is 57.6 Å². The topological polar surface area (TPSA) is 35.9 Å². The van der Waals surface area contributed by atoms with E-state index in [1.165, 1.54) is 28.5 Å². The van der Waals surface area contributed by atoms with Gasteiger partial charge in [-0.15, -0.1) is 0 Å². The minimum atomic E-state index is 0.00775. The van der Waals surface area contributed by atoms with Gasteiger partial charge < -0.3 is 4.90 Å². The van der Waals surface area contributed by atoms with Gasteiger partial charge in [-0.1, -0.05) is 59.8 Å². The Balaban J connectivity index is 1.53. The third kappa shape index (κ3) is 4.88. The molecular formula is C28H26ClN3OS2. The van der Waals surface area contributed by atoms with Crippen LogP contribution in [-0.4, -0.2) is 29.1 Å². The van der Waals surface area contributed by atoms with E-state index in [0.717, 1.165) is 44.3 Å². The Morgan fingerprint density at radius 2 is 1.71 bits per heavy atom. The fourth-order valence-electron chi connectivity index (χ4n) is 4.15. The summed E-state index contributed by atoms with van der Waals surface area (Å²) in [6.07, 6.45) is 0.766. The van der Waals surface area contributed by atoms with Gasteiger partial charge >= 0.3 is 0 Å². The van der Waals surface area contributed by atoms with Crippen LogP contribution in [0.25, 0.3) is 0 Å². The number of thioether (sulfide) groups is 2. The lowest BCUT2D eigenvalue weighted by Crippen LogP contribution is -2.32. The molecule has 2 aliphatic rings. The van der Waals surface area contributed by atoms with Crippen molar-refractivity contribution in [2.75, 3.05) is 18.0 Å². The molecule has 0 spiro atoms. The number of aliphatic imine (C=N–C) groups is 1. The standard InChI is InChI=1S/C28H26ClN3OS2/c1-4-31-23-17-21(29)11-13-24(23)34-27(31)25-26(33)32(15-14-20-8-6-5-7-9-20)28(35-25)30-22-12-10-18(2)19(3)16-22/h5-13,16-17H,4,14-15H2,1-3H3. The molecule has 5 rings (SSSR count). The summed E-state index contributed by atoms with van der Waals surface area (Å²) in [4.78, 5) is 24.6. The zero-order valence-electron chi connectivity index (χ0n) is 19.9. The van der Waals surface area contributed by atoms with Crippen molar-refractivity contribution < 1.29 is 4.79 Å². The number of halogens is 1. The second-order valence-corrected chi connectivity index (χ2v) is 11.0. The lowest BCUT2D eigenvalue weighted by atomic mass is 10.1. The minimum absolute atomic E-state index is 0.00775. The van der Waals surface area contributed by atoms with Gasteiger partial charge in [0, 0.05) is 23.0 Å². The summed E-state index contributed by atoms with van der Waals surface area (Å²) < 4.78 is 0. The molecule has 0 unspecified atom stereocenters. The summed E-state index contributed by atoms with van der Waals surface area (Å²) in [5, 5.41) is 2.37. The first kappa shape index (κ1) is 24.0. The lowest BCUT2D eigenvalue weighted by Gasteiger charge is -2.19. The number of amides is 1. The van der Waals surface area contributed by atoms with Crippen molar-refractivity contribution in [1.29, 1.82) is 0 Å². The van der Waals surface area contributed by atoms with Crippen molar-refractivity contribution in [3.63, 3.8) is 0 Å². The average molecular weight is 520 g/mol. The molecule has 0 aromatic heterocycles. The third-order valence-electron chi connectivity index (χ3n) is 6.22. The molecule has 35 heavy (non-hydrogen) atoms. The zero-order valence-corrected chi connectivity index (χ0v) is 22.3. The van der Waals surface area contributed by atoms with Gasteiger partial charge in [-0.05, 0) is 86.0 Å². The normalized spacial score (nSPS) is 18.6. The number of benzene rings is 3. The lowest BCUT2D eigenvalue weighted by molar-refractivity contribution is -0.122. The van der Waals surface area contributed by atoms with Crippen LogP contribution in [0.5, 0.6) is 0 Å². The number of aryl methyl sites for hydroxylation is 2. The predicted molar refractivity (Wildman–Crippen MR) is 150 cm³/mol. The molecule has 1 saturated heterocycles. The Labute approximate surface area is 220 Å². The molecule has 1 fully saturated rings. The number of hydrogen-bond acceptors (Lipinski definition) is 5. The van der Waals surface area contributed by atoms with E-state index in [4.69, 9.17) is 16.6 Å². The Kier molecular flexibility index (Phi) is 6.96. The highest BCUT2D eigenvalue weighted by Gasteiger charge is 2.39. The van der Waals surface area contributed by atoms with Crippen LogP contribution in [0.2, 0.25) is 5.02 Å². The number of hydrogen-bond donors (Lipinski definition) is 0. The van der Waals surface area contributed by atoms with Gasteiger partial charge in [0.05, 0.1) is 11.4 Å². The summed E-state index contributed by atoms with van der Waals surface area (Å²) in [6, 6.07) is 22.3. The molecule has 2 aliphatic heterocycles. The van der Waals surface area contributed by atoms with Gasteiger partial charge in [0.15, 0.2) is 5.17 Å². The van der Waals surface area contributed by atoms with Crippen LogP contribution >= 0.6 is 35.1 Å². The van der Waals surface area contributed by atoms with E-state index in [1.807, 2.05) is 47.4 Å². The fourth-order valence-corrected chi connectivity index (χ4v) is 6.71. The predicted octanol–water partition coefficient (Wildman–Crippen LogP) is 7.56. The van der Waals surface area contributed by atoms with Crippen LogP contribution in [0.15, 0.2) is 86.6 Å². The van der Waals surface area contributed by atoms with E-state index >= 15 is 0 Å². The molecule has 1 amide bonds. The van der Waals surface area contributed by atoms with E-state index in [1.54, 1.807) is 11.8 Å². The molecular weight excluding hydrogens is 494 g/mol. The highest BCUT2D eigenvalue weighted by Crippen LogP contribution is 2.51. The molecule has 4 nitrogen and oxygen atoms in total. The first-order valence-electron chi connectivity index (χ1n) is 11.6. The molecule has 0 saturated carbocycles. The van der Waals surface area contributed by atoms with E-state index in [0.29, 0.717) is 11.6 Å². The molecule has 3 aromatic carbocycles. The maximum absolute atomic E-state index is 13.8. The monoisotopic (exact) mass is 519 g/mol. The summed E-state index contributed by atoms with van der Waals surface area (Å²) >= 11 is 9.39. The fraction of sp³-hybridized carbons (Fsp3) is 0.214. The first-order valence-corrected chi connectivity index (χ1v) is 13.6. The number of carbonyl (C=O) groups excluding carboxylic acids is 1. The van der Waals surface area contributed by atoms with Gasteiger partial charge in [0.2, 0.25) is 0 Å². The number of carbonyl (C=O) groups is 1. The second kappa shape index (κ2) is 10.1. The van der Waals surface area contributed by atoms with Crippen LogP contribution in [0.1, 0.15) is 23.6 Å². The van der Waals surface area contributed by atoms with Crippen molar-refractivity contribution in [3.05, 3.63) is 98.4 Å². The number of rotatable bonds is 5. The van der Waals surface area contributed by atoms with Crippen LogP contribution in [0.4, 0.5) is 11.4 Å². The highest BCUT2D eigenvalue weighted by molar-refractivity contribution is 8.19.